The molecule has 2 N–H and O–H groups in total. The van der Waals surface area contributed by atoms with E-state index in [-0.39, 0.29) is 11.9 Å². The number of hydrogen-bond donors (Lipinski definition) is 1. The Bertz CT molecular complexity index is 506. The average molecular weight is 215 g/mol. The summed E-state index contributed by atoms with van der Waals surface area (Å²) in [6.07, 6.45) is 3.37. The van der Waals surface area contributed by atoms with Crippen molar-refractivity contribution in [1.29, 1.82) is 0 Å². The molecule has 4 nitrogen and oxygen atoms in total. The maximum atomic E-state index is 5.46. The first-order valence-electron chi connectivity index (χ1n) is 5.51. The van der Waals surface area contributed by atoms with Gasteiger partial charge in [0.2, 0.25) is 0 Å². The van der Waals surface area contributed by atoms with Crippen LogP contribution in [0.15, 0.2) is 28.8 Å². The Labute approximate surface area is 93.5 Å². The molecule has 16 heavy (non-hydrogen) atoms. The molecule has 2 aromatic rings. The zero-order valence-electron chi connectivity index (χ0n) is 8.89. The summed E-state index contributed by atoms with van der Waals surface area (Å²) >= 11 is 0. The third-order valence-corrected chi connectivity index (χ3v) is 3.14. The van der Waals surface area contributed by atoms with E-state index in [2.05, 4.69) is 34.4 Å². The standard InChI is InChI=1S/C12H13N3O/c13-12-14-11(15-16-12)10-7-3-5-8-4-1-2-6-9(8)10/h1-2,4,6,10H,3,5,7H2,(H2,13,14,15)/t10-/m1/s1. The number of benzene rings is 1. The molecule has 1 aliphatic rings. The Morgan fingerprint density at radius 2 is 2.19 bits per heavy atom. The van der Waals surface area contributed by atoms with Gasteiger partial charge in [-0.1, -0.05) is 29.4 Å². The number of hydrogen-bond acceptors (Lipinski definition) is 4. The number of nitrogens with two attached hydrogens (primary N) is 1. The highest BCUT2D eigenvalue weighted by atomic mass is 16.5. The highest BCUT2D eigenvalue weighted by molar-refractivity contribution is 5.36. The van der Waals surface area contributed by atoms with Crippen molar-refractivity contribution in [3.05, 3.63) is 41.2 Å². The van der Waals surface area contributed by atoms with Crippen LogP contribution in [0, 0.1) is 0 Å². The monoisotopic (exact) mass is 215 g/mol. The summed E-state index contributed by atoms with van der Waals surface area (Å²) in [5.41, 5.74) is 8.17. The van der Waals surface area contributed by atoms with Crippen molar-refractivity contribution in [2.75, 3.05) is 5.73 Å². The van der Waals surface area contributed by atoms with Crippen LogP contribution in [-0.4, -0.2) is 10.1 Å². The normalized spacial score (nSPS) is 19.4. The van der Waals surface area contributed by atoms with Crippen molar-refractivity contribution in [3.63, 3.8) is 0 Å². The van der Waals surface area contributed by atoms with Gasteiger partial charge in [-0.05, 0) is 30.4 Å². The van der Waals surface area contributed by atoms with Crippen molar-refractivity contribution >= 4 is 6.01 Å². The topological polar surface area (TPSA) is 64.9 Å². The second-order valence-corrected chi connectivity index (χ2v) is 4.13. The lowest BCUT2D eigenvalue weighted by atomic mass is 9.82. The fraction of sp³-hybridized carbons (Fsp3) is 0.333. The Morgan fingerprint density at radius 1 is 1.31 bits per heavy atom. The molecule has 1 aromatic heterocycles. The first kappa shape index (κ1) is 9.39. The molecular formula is C12H13N3O. The van der Waals surface area contributed by atoms with Crippen LogP contribution < -0.4 is 5.73 Å². The van der Waals surface area contributed by atoms with Gasteiger partial charge in [0.15, 0.2) is 5.82 Å². The quantitative estimate of drug-likeness (QED) is 0.791. The number of rotatable bonds is 1. The van der Waals surface area contributed by atoms with E-state index in [1.54, 1.807) is 0 Å². The Balaban J connectivity index is 2.04. The van der Waals surface area contributed by atoms with E-state index in [0.717, 1.165) is 19.3 Å². The maximum absolute atomic E-state index is 5.46. The molecule has 0 spiro atoms. The molecule has 1 aromatic carbocycles. The zero-order valence-corrected chi connectivity index (χ0v) is 8.89. The molecule has 0 bridgehead atoms. The van der Waals surface area contributed by atoms with Crippen molar-refractivity contribution in [2.45, 2.75) is 25.2 Å². The summed E-state index contributed by atoms with van der Waals surface area (Å²) < 4.78 is 4.85. The predicted molar refractivity (Wildman–Crippen MR) is 59.9 cm³/mol. The Hall–Kier alpha value is -1.84. The molecule has 82 valence electrons. The third-order valence-electron chi connectivity index (χ3n) is 3.14. The van der Waals surface area contributed by atoms with Crippen LogP contribution in [0.5, 0.6) is 0 Å². The summed E-state index contributed by atoms with van der Waals surface area (Å²) in [4.78, 5) is 4.13. The molecule has 1 heterocycles. The molecule has 0 amide bonds. The summed E-state index contributed by atoms with van der Waals surface area (Å²) in [6, 6.07) is 8.60. The van der Waals surface area contributed by atoms with Gasteiger partial charge in [-0.15, -0.1) is 0 Å². The molecular weight excluding hydrogens is 202 g/mol. The predicted octanol–water partition coefficient (Wildman–Crippen LogP) is 2.12. The lowest BCUT2D eigenvalue weighted by Crippen LogP contribution is -2.12. The molecule has 0 unspecified atom stereocenters. The van der Waals surface area contributed by atoms with Gasteiger partial charge in [0.1, 0.15) is 0 Å². The van der Waals surface area contributed by atoms with Crippen LogP contribution in [0.3, 0.4) is 0 Å². The first-order chi connectivity index (χ1) is 7.84. The molecule has 0 saturated heterocycles. The number of aromatic nitrogens is 2. The fourth-order valence-corrected chi connectivity index (χ4v) is 2.41. The average Bonchev–Trinajstić information content (AvgIpc) is 2.75. The van der Waals surface area contributed by atoms with E-state index in [0.29, 0.717) is 5.82 Å². The van der Waals surface area contributed by atoms with Gasteiger partial charge in [-0.25, -0.2) is 0 Å². The molecule has 1 atom stereocenters. The minimum absolute atomic E-state index is 0.151. The van der Waals surface area contributed by atoms with Gasteiger partial charge >= 0.3 is 6.01 Å². The summed E-state index contributed by atoms with van der Waals surface area (Å²) in [7, 11) is 0. The summed E-state index contributed by atoms with van der Waals surface area (Å²) in [5, 5.41) is 3.93. The van der Waals surface area contributed by atoms with Crippen LogP contribution in [0.25, 0.3) is 0 Å². The Kier molecular flexibility index (Phi) is 2.13. The second-order valence-electron chi connectivity index (χ2n) is 4.13. The van der Waals surface area contributed by atoms with Gasteiger partial charge in [0, 0.05) is 5.92 Å². The SMILES string of the molecule is Nc1nc([C@@H]2CCCc3ccccc32)no1. The number of nitrogen functional groups attached to an aromatic ring is 1. The van der Waals surface area contributed by atoms with Gasteiger partial charge in [-0.3, -0.25) is 0 Å². The highest BCUT2D eigenvalue weighted by Crippen LogP contribution is 2.35. The van der Waals surface area contributed by atoms with Gasteiger partial charge in [0.25, 0.3) is 0 Å². The number of anilines is 1. The third kappa shape index (κ3) is 1.46. The molecule has 4 heteroatoms. The minimum Gasteiger partial charge on any atom is -0.351 e. The maximum Gasteiger partial charge on any atom is 0.318 e. The van der Waals surface area contributed by atoms with Gasteiger partial charge < -0.3 is 10.3 Å². The van der Waals surface area contributed by atoms with E-state index in [4.69, 9.17) is 10.3 Å². The fourth-order valence-electron chi connectivity index (χ4n) is 2.41. The molecule has 0 fully saturated rings. The lowest BCUT2D eigenvalue weighted by molar-refractivity contribution is 0.419. The molecule has 0 aliphatic heterocycles. The van der Waals surface area contributed by atoms with E-state index >= 15 is 0 Å². The summed E-state index contributed by atoms with van der Waals surface area (Å²) in [6.45, 7) is 0. The minimum atomic E-state index is 0.151. The van der Waals surface area contributed by atoms with Crippen molar-refractivity contribution in [1.82, 2.24) is 10.1 Å². The molecule has 1 aliphatic carbocycles. The van der Waals surface area contributed by atoms with Crippen LogP contribution in [0.1, 0.15) is 35.7 Å². The molecule has 0 radical (unpaired) electrons. The summed E-state index contributed by atoms with van der Waals surface area (Å²) in [5.74, 6) is 0.954. The largest absolute Gasteiger partial charge is 0.351 e. The molecule has 0 saturated carbocycles. The number of nitrogens with zero attached hydrogens (tertiary/aromatic N) is 2. The molecule has 3 rings (SSSR count). The van der Waals surface area contributed by atoms with Crippen LogP contribution in [0.4, 0.5) is 6.01 Å². The van der Waals surface area contributed by atoms with E-state index in [1.165, 1.54) is 11.1 Å². The van der Waals surface area contributed by atoms with Crippen LogP contribution in [0.2, 0.25) is 0 Å². The van der Waals surface area contributed by atoms with E-state index in [9.17, 15) is 0 Å². The van der Waals surface area contributed by atoms with E-state index < -0.39 is 0 Å². The Morgan fingerprint density at radius 3 is 3.00 bits per heavy atom. The zero-order chi connectivity index (χ0) is 11.0. The van der Waals surface area contributed by atoms with Crippen LogP contribution >= 0.6 is 0 Å². The second kappa shape index (κ2) is 3.63. The van der Waals surface area contributed by atoms with Crippen molar-refractivity contribution < 1.29 is 4.52 Å². The first-order valence-corrected chi connectivity index (χ1v) is 5.51. The number of fused-ring (bicyclic) bond motifs is 1. The smallest absolute Gasteiger partial charge is 0.318 e. The highest BCUT2D eigenvalue weighted by Gasteiger charge is 2.25. The number of aryl methyl sites for hydroxylation is 1. The lowest BCUT2D eigenvalue weighted by Gasteiger charge is -2.22. The van der Waals surface area contributed by atoms with Crippen molar-refractivity contribution in [3.8, 4) is 0 Å². The van der Waals surface area contributed by atoms with Gasteiger partial charge in [-0.2, -0.15) is 4.98 Å². The van der Waals surface area contributed by atoms with Crippen molar-refractivity contribution in [2.24, 2.45) is 0 Å². The van der Waals surface area contributed by atoms with E-state index in [1.807, 2.05) is 0 Å². The van der Waals surface area contributed by atoms with Crippen LogP contribution in [-0.2, 0) is 6.42 Å². The van der Waals surface area contributed by atoms with Gasteiger partial charge in [0.05, 0.1) is 0 Å².